The van der Waals surface area contributed by atoms with E-state index in [-0.39, 0.29) is 5.78 Å². The van der Waals surface area contributed by atoms with E-state index in [0.29, 0.717) is 17.9 Å². The first-order valence-corrected chi connectivity index (χ1v) is 7.03. The largest absolute Gasteiger partial charge is 0.493 e. The lowest BCUT2D eigenvalue weighted by Gasteiger charge is -2.19. The van der Waals surface area contributed by atoms with E-state index in [1.165, 1.54) is 0 Å². The van der Waals surface area contributed by atoms with Crippen molar-refractivity contribution in [1.29, 1.82) is 0 Å². The highest BCUT2D eigenvalue weighted by atomic mass is 16.5. The van der Waals surface area contributed by atoms with Crippen LogP contribution in [-0.4, -0.2) is 22.2 Å². The summed E-state index contributed by atoms with van der Waals surface area (Å²) in [4.78, 5) is 12.7. The number of ether oxygens (including phenoxy) is 1. The molecule has 1 aliphatic rings. The lowest BCUT2D eigenvalue weighted by molar-refractivity contribution is 0.102. The van der Waals surface area contributed by atoms with Crippen LogP contribution in [0, 0.1) is 0 Å². The minimum absolute atomic E-state index is 0.0153. The van der Waals surface area contributed by atoms with Crippen LogP contribution in [0.3, 0.4) is 0 Å². The third kappa shape index (κ3) is 2.11. The maximum absolute atomic E-state index is 12.7. The van der Waals surface area contributed by atoms with Crippen LogP contribution >= 0.6 is 0 Å². The molecule has 3 rings (SSSR count). The van der Waals surface area contributed by atoms with Gasteiger partial charge in [0.25, 0.3) is 0 Å². The molecule has 4 heteroatoms. The first-order chi connectivity index (χ1) is 9.70. The zero-order valence-electron chi connectivity index (χ0n) is 11.8. The zero-order chi connectivity index (χ0) is 14.1. The number of para-hydroxylation sites is 1. The van der Waals surface area contributed by atoms with Crippen molar-refractivity contribution in [2.45, 2.75) is 26.2 Å². The third-order valence-corrected chi connectivity index (χ3v) is 3.70. The summed E-state index contributed by atoms with van der Waals surface area (Å²) < 4.78 is 7.38. The molecule has 0 fully saturated rings. The summed E-state index contributed by atoms with van der Waals surface area (Å²) in [5, 5.41) is 4.34. The first kappa shape index (κ1) is 12.9. The van der Waals surface area contributed by atoms with Crippen LogP contribution in [0.2, 0.25) is 0 Å². The van der Waals surface area contributed by atoms with E-state index < -0.39 is 0 Å². The van der Waals surface area contributed by atoms with E-state index in [2.05, 4.69) is 5.10 Å². The fraction of sp³-hybridized carbons (Fsp3) is 0.375. The summed E-state index contributed by atoms with van der Waals surface area (Å²) in [5.41, 5.74) is 3.32. The van der Waals surface area contributed by atoms with Crippen LogP contribution in [-0.2, 0) is 19.9 Å². The number of hydrogen-bond donors (Lipinski definition) is 0. The molecular formula is C16H18N2O2. The second-order valence-electron chi connectivity index (χ2n) is 5.07. The van der Waals surface area contributed by atoms with Crippen molar-refractivity contribution in [3.63, 3.8) is 0 Å². The smallest absolute Gasteiger partial charge is 0.214 e. The van der Waals surface area contributed by atoms with Crippen LogP contribution in [0.1, 0.15) is 40.7 Å². The van der Waals surface area contributed by atoms with E-state index in [4.69, 9.17) is 4.74 Å². The summed E-state index contributed by atoms with van der Waals surface area (Å²) in [7, 11) is 1.81. The zero-order valence-corrected chi connectivity index (χ0v) is 11.8. The molecule has 2 heterocycles. The molecule has 1 aromatic carbocycles. The number of benzene rings is 1. The van der Waals surface area contributed by atoms with Crippen molar-refractivity contribution >= 4 is 5.78 Å². The van der Waals surface area contributed by atoms with E-state index in [0.717, 1.165) is 36.3 Å². The fourth-order valence-corrected chi connectivity index (χ4v) is 2.62. The van der Waals surface area contributed by atoms with E-state index >= 15 is 0 Å². The molecule has 104 valence electrons. The van der Waals surface area contributed by atoms with Gasteiger partial charge in [-0.3, -0.25) is 9.48 Å². The Balaban J connectivity index is 2.04. The van der Waals surface area contributed by atoms with Crippen LogP contribution < -0.4 is 4.74 Å². The van der Waals surface area contributed by atoms with Crippen molar-refractivity contribution in [3.05, 3.63) is 46.8 Å². The number of rotatable bonds is 3. The normalized spacial score (nSPS) is 13.7. The number of carbonyl (C=O) groups excluding carboxylic acids is 1. The maximum atomic E-state index is 12.7. The molecule has 2 aromatic rings. The maximum Gasteiger partial charge on any atom is 0.214 e. The molecule has 1 aromatic heterocycles. The predicted octanol–water partition coefficient (Wildman–Crippen LogP) is 2.54. The van der Waals surface area contributed by atoms with E-state index in [1.807, 2.05) is 38.2 Å². The standard InChI is InChI=1S/C16H18N2O2/c1-3-12-10-14(18(2)17-12)15(19)13-8-4-6-11-7-5-9-20-16(11)13/h4,6,8,10H,3,5,7,9H2,1-2H3. The minimum atomic E-state index is -0.0153. The second kappa shape index (κ2) is 5.12. The highest BCUT2D eigenvalue weighted by Gasteiger charge is 2.22. The Morgan fingerprint density at radius 1 is 1.45 bits per heavy atom. The molecule has 0 saturated heterocycles. The van der Waals surface area contributed by atoms with Gasteiger partial charge in [0.05, 0.1) is 17.9 Å². The Hall–Kier alpha value is -2.10. The van der Waals surface area contributed by atoms with E-state index in [9.17, 15) is 4.79 Å². The molecule has 0 aliphatic carbocycles. The summed E-state index contributed by atoms with van der Waals surface area (Å²) in [6.07, 6.45) is 2.81. The average molecular weight is 270 g/mol. The molecule has 0 bridgehead atoms. The van der Waals surface area contributed by atoms with Crippen LogP contribution in [0.15, 0.2) is 24.3 Å². The molecule has 0 saturated carbocycles. The first-order valence-electron chi connectivity index (χ1n) is 7.03. The Morgan fingerprint density at radius 3 is 3.05 bits per heavy atom. The summed E-state index contributed by atoms with van der Waals surface area (Å²) in [6.45, 7) is 2.72. The van der Waals surface area contributed by atoms with Crippen molar-refractivity contribution in [2.75, 3.05) is 6.61 Å². The molecule has 0 unspecified atom stereocenters. The van der Waals surface area contributed by atoms with Gasteiger partial charge in [-0.05, 0) is 37.0 Å². The monoisotopic (exact) mass is 270 g/mol. The van der Waals surface area contributed by atoms with Crippen molar-refractivity contribution in [2.24, 2.45) is 7.05 Å². The SMILES string of the molecule is CCc1cc(C(=O)c2cccc3c2OCCC3)n(C)n1. The highest BCUT2D eigenvalue weighted by molar-refractivity contribution is 6.10. The van der Waals surface area contributed by atoms with Gasteiger partial charge in [-0.15, -0.1) is 0 Å². The number of aryl methyl sites for hydroxylation is 3. The number of nitrogens with zero attached hydrogens (tertiary/aromatic N) is 2. The summed E-state index contributed by atoms with van der Waals surface area (Å²) in [5.74, 6) is 0.737. The van der Waals surface area contributed by atoms with Gasteiger partial charge in [0.15, 0.2) is 0 Å². The van der Waals surface area contributed by atoms with Gasteiger partial charge in [-0.25, -0.2) is 0 Å². The second-order valence-corrected chi connectivity index (χ2v) is 5.07. The van der Waals surface area contributed by atoms with Crippen molar-refractivity contribution < 1.29 is 9.53 Å². The van der Waals surface area contributed by atoms with E-state index in [1.54, 1.807) is 4.68 Å². The molecule has 0 N–H and O–H groups in total. The Morgan fingerprint density at radius 2 is 2.30 bits per heavy atom. The highest BCUT2D eigenvalue weighted by Crippen LogP contribution is 2.30. The molecule has 20 heavy (non-hydrogen) atoms. The Labute approximate surface area is 118 Å². The number of fused-ring (bicyclic) bond motifs is 1. The third-order valence-electron chi connectivity index (χ3n) is 3.70. The Bertz CT molecular complexity index is 658. The van der Waals surface area contributed by atoms with Gasteiger partial charge >= 0.3 is 0 Å². The number of aromatic nitrogens is 2. The molecule has 0 radical (unpaired) electrons. The molecule has 0 spiro atoms. The van der Waals surface area contributed by atoms with Crippen LogP contribution in [0.4, 0.5) is 0 Å². The fourth-order valence-electron chi connectivity index (χ4n) is 2.62. The van der Waals surface area contributed by atoms with Gasteiger partial charge in [-0.1, -0.05) is 19.1 Å². The van der Waals surface area contributed by atoms with Gasteiger partial charge in [0, 0.05) is 7.05 Å². The number of carbonyl (C=O) groups is 1. The number of ketones is 1. The molecule has 4 nitrogen and oxygen atoms in total. The van der Waals surface area contributed by atoms with Crippen molar-refractivity contribution in [1.82, 2.24) is 9.78 Å². The average Bonchev–Trinajstić information content (AvgIpc) is 2.87. The topological polar surface area (TPSA) is 44.1 Å². The summed E-state index contributed by atoms with van der Waals surface area (Å²) >= 11 is 0. The van der Waals surface area contributed by atoms with Gasteiger partial charge < -0.3 is 4.74 Å². The summed E-state index contributed by atoms with van der Waals surface area (Å²) in [6, 6.07) is 7.67. The van der Waals surface area contributed by atoms with Crippen LogP contribution in [0.5, 0.6) is 5.75 Å². The van der Waals surface area contributed by atoms with Crippen LogP contribution in [0.25, 0.3) is 0 Å². The molecule has 1 aliphatic heterocycles. The van der Waals surface area contributed by atoms with Gasteiger partial charge in [-0.2, -0.15) is 5.10 Å². The Kier molecular flexibility index (Phi) is 3.30. The van der Waals surface area contributed by atoms with Gasteiger partial charge in [0.1, 0.15) is 11.4 Å². The minimum Gasteiger partial charge on any atom is -0.493 e. The lowest BCUT2D eigenvalue weighted by atomic mass is 9.99. The number of hydrogen-bond acceptors (Lipinski definition) is 3. The molecule has 0 atom stereocenters. The van der Waals surface area contributed by atoms with Gasteiger partial charge in [0.2, 0.25) is 5.78 Å². The van der Waals surface area contributed by atoms with Crippen molar-refractivity contribution in [3.8, 4) is 5.75 Å². The quantitative estimate of drug-likeness (QED) is 0.805. The lowest BCUT2D eigenvalue weighted by Crippen LogP contribution is -2.15. The molecular weight excluding hydrogens is 252 g/mol. The predicted molar refractivity (Wildman–Crippen MR) is 76.3 cm³/mol. The molecule has 0 amide bonds.